The number of amides is 1. The molecule has 2 aromatic rings. The number of aromatic nitrogens is 1. The summed E-state index contributed by atoms with van der Waals surface area (Å²) in [5.41, 5.74) is 3.41. The molecule has 0 saturated carbocycles. The maximum Gasteiger partial charge on any atom is 0.256 e. The van der Waals surface area contributed by atoms with Gasteiger partial charge in [0.25, 0.3) is 5.91 Å². The summed E-state index contributed by atoms with van der Waals surface area (Å²) in [6, 6.07) is 13.4. The summed E-state index contributed by atoms with van der Waals surface area (Å²) in [6.45, 7) is 5.11. The number of carbonyl (C=O) groups is 1. The minimum atomic E-state index is 0.0192. The third-order valence-electron chi connectivity index (χ3n) is 3.39. The summed E-state index contributed by atoms with van der Waals surface area (Å²) in [4.78, 5) is 19.0. The zero-order valence-electron chi connectivity index (χ0n) is 12.8. The maximum absolute atomic E-state index is 12.7. The van der Waals surface area contributed by atoms with Gasteiger partial charge in [-0.1, -0.05) is 18.2 Å². The zero-order chi connectivity index (χ0) is 15.2. The van der Waals surface area contributed by atoms with Crippen LogP contribution in [0.25, 0.3) is 0 Å². The quantitative estimate of drug-likeness (QED) is 0.917. The minimum Gasteiger partial charge on any atom is -0.387 e. The summed E-state index contributed by atoms with van der Waals surface area (Å²) < 4.78 is 0. The van der Waals surface area contributed by atoms with E-state index >= 15 is 0 Å². The van der Waals surface area contributed by atoms with Crippen molar-refractivity contribution in [3.05, 3.63) is 59.4 Å². The van der Waals surface area contributed by atoms with E-state index in [4.69, 9.17) is 0 Å². The standard InChI is InChI=1S/C17H21N3O/c1-4-20(12-14-9-7-8-13(2)19-14)17(21)15-10-5-6-11-16(15)18-3/h5-11,18H,4,12H2,1-3H3. The second kappa shape index (κ2) is 6.88. The molecule has 0 aliphatic carbocycles. The number of pyridine rings is 1. The number of hydrogen-bond donors (Lipinski definition) is 1. The molecular weight excluding hydrogens is 262 g/mol. The van der Waals surface area contributed by atoms with Crippen molar-refractivity contribution < 1.29 is 4.79 Å². The first-order valence-corrected chi connectivity index (χ1v) is 7.14. The molecule has 0 unspecified atom stereocenters. The third-order valence-corrected chi connectivity index (χ3v) is 3.39. The SMILES string of the molecule is CCN(Cc1cccc(C)n1)C(=O)c1ccccc1NC. The number of nitrogens with one attached hydrogen (secondary N) is 1. The monoisotopic (exact) mass is 283 g/mol. The van der Waals surface area contributed by atoms with E-state index in [9.17, 15) is 4.79 Å². The predicted octanol–water partition coefficient (Wildman–Crippen LogP) is 3.09. The number of benzene rings is 1. The fourth-order valence-corrected chi connectivity index (χ4v) is 2.27. The lowest BCUT2D eigenvalue weighted by atomic mass is 10.1. The van der Waals surface area contributed by atoms with Crippen LogP contribution in [-0.4, -0.2) is 29.4 Å². The molecule has 0 saturated heterocycles. The Morgan fingerprint density at radius 1 is 1.19 bits per heavy atom. The number of carbonyl (C=O) groups excluding carboxylic acids is 1. The zero-order valence-corrected chi connectivity index (χ0v) is 12.8. The van der Waals surface area contributed by atoms with E-state index in [0.717, 1.165) is 17.1 Å². The van der Waals surface area contributed by atoms with Gasteiger partial charge in [0.1, 0.15) is 0 Å². The first-order chi connectivity index (χ1) is 10.2. The summed E-state index contributed by atoms with van der Waals surface area (Å²) in [7, 11) is 1.82. The van der Waals surface area contributed by atoms with E-state index in [1.54, 1.807) is 4.90 Å². The largest absolute Gasteiger partial charge is 0.387 e. The molecule has 2 rings (SSSR count). The molecule has 21 heavy (non-hydrogen) atoms. The second-order valence-electron chi connectivity index (χ2n) is 4.89. The number of hydrogen-bond acceptors (Lipinski definition) is 3. The van der Waals surface area contributed by atoms with Crippen molar-refractivity contribution >= 4 is 11.6 Å². The first-order valence-electron chi connectivity index (χ1n) is 7.14. The molecule has 1 heterocycles. The number of para-hydroxylation sites is 1. The van der Waals surface area contributed by atoms with Crippen molar-refractivity contribution in [3.8, 4) is 0 Å². The highest BCUT2D eigenvalue weighted by Crippen LogP contribution is 2.17. The number of aryl methyl sites for hydroxylation is 1. The van der Waals surface area contributed by atoms with Crippen LogP contribution in [0.2, 0.25) is 0 Å². The van der Waals surface area contributed by atoms with Gasteiger partial charge in [-0.25, -0.2) is 0 Å². The molecule has 0 bridgehead atoms. The predicted molar refractivity (Wildman–Crippen MR) is 85.4 cm³/mol. The van der Waals surface area contributed by atoms with Crippen LogP contribution in [-0.2, 0) is 6.54 Å². The van der Waals surface area contributed by atoms with Gasteiger partial charge in [-0.2, -0.15) is 0 Å². The van der Waals surface area contributed by atoms with Crippen molar-refractivity contribution in [3.63, 3.8) is 0 Å². The van der Waals surface area contributed by atoms with E-state index in [-0.39, 0.29) is 5.91 Å². The smallest absolute Gasteiger partial charge is 0.256 e. The molecule has 0 fully saturated rings. The van der Waals surface area contributed by atoms with Crippen molar-refractivity contribution in [2.75, 3.05) is 18.9 Å². The van der Waals surface area contributed by atoms with Crippen LogP contribution in [0.1, 0.15) is 28.7 Å². The highest BCUT2D eigenvalue weighted by atomic mass is 16.2. The molecule has 0 spiro atoms. The topological polar surface area (TPSA) is 45.2 Å². The molecule has 1 N–H and O–H groups in total. The van der Waals surface area contributed by atoms with Crippen LogP contribution >= 0.6 is 0 Å². The summed E-state index contributed by atoms with van der Waals surface area (Å²) in [5, 5.41) is 3.07. The van der Waals surface area contributed by atoms with Gasteiger partial charge in [-0.3, -0.25) is 9.78 Å². The van der Waals surface area contributed by atoms with E-state index in [1.165, 1.54) is 0 Å². The van der Waals surface area contributed by atoms with E-state index in [0.29, 0.717) is 18.7 Å². The van der Waals surface area contributed by atoms with Gasteiger partial charge in [0, 0.05) is 25.0 Å². The molecule has 4 heteroatoms. The first kappa shape index (κ1) is 15.0. The molecule has 0 atom stereocenters. The van der Waals surface area contributed by atoms with Crippen molar-refractivity contribution in [1.29, 1.82) is 0 Å². The fraction of sp³-hybridized carbons (Fsp3) is 0.294. The molecule has 0 radical (unpaired) electrons. The van der Waals surface area contributed by atoms with Crippen LogP contribution in [0.3, 0.4) is 0 Å². The van der Waals surface area contributed by atoms with Crippen LogP contribution in [0, 0.1) is 6.92 Å². The summed E-state index contributed by atoms with van der Waals surface area (Å²) >= 11 is 0. The van der Waals surface area contributed by atoms with E-state index in [1.807, 2.05) is 63.4 Å². The Morgan fingerprint density at radius 3 is 2.62 bits per heavy atom. The van der Waals surface area contributed by atoms with Gasteiger partial charge in [0.05, 0.1) is 17.8 Å². The Balaban J connectivity index is 2.22. The molecule has 1 aromatic carbocycles. The van der Waals surface area contributed by atoms with Crippen molar-refractivity contribution in [1.82, 2.24) is 9.88 Å². The highest BCUT2D eigenvalue weighted by molar-refractivity contribution is 5.99. The summed E-state index contributed by atoms with van der Waals surface area (Å²) in [5.74, 6) is 0.0192. The van der Waals surface area contributed by atoms with E-state index < -0.39 is 0 Å². The Labute approximate surface area is 125 Å². The van der Waals surface area contributed by atoms with Crippen LogP contribution in [0.4, 0.5) is 5.69 Å². The number of anilines is 1. The van der Waals surface area contributed by atoms with E-state index in [2.05, 4.69) is 10.3 Å². The third kappa shape index (κ3) is 3.60. The van der Waals surface area contributed by atoms with Gasteiger partial charge in [-0.15, -0.1) is 0 Å². The number of nitrogens with zero attached hydrogens (tertiary/aromatic N) is 2. The lowest BCUT2D eigenvalue weighted by Gasteiger charge is -2.22. The van der Waals surface area contributed by atoms with Crippen molar-refractivity contribution in [2.24, 2.45) is 0 Å². The average molecular weight is 283 g/mol. The molecule has 0 aliphatic heterocycles. The average Bonchev–Trinajstić information content (AvgIpc) is 2.52. The van der Waals surface area contributed by atoms with Gasteiger partial charge in [0.2, 0.25) is 0 Å². The van der Waals surface area contributed by atoms with Crippen LogP contribution in [0.15, 0.2) is 42.5 Å². The Hall–Kier alpha value is -2.36. The van der Waals surface area contributed by atoms with Gasteiger partial charge < -0.3 is 10.2 Å². The fourth-order valence-electron chi connectivity index (χ4n) is 2.27. The molecule has 110 valence electrons. The van der Waals surface area contributed by atoms with Crippen LogP contribution in [0.5, 0.6) is 0 Å². The van der Waals surface area contributed by atoms with Gasteiger partial charge in [-0.05, 0) is 38.1 Å². The highest BCUT2D eigenvalue weighted by Gasteiger charge is 2.17. The van der Waals surface area contributed by atoms with Gasteiger partial charge >= 0.3 is 0 Å². The molecular formula is C17H21N3O. The minimum absolute atomic E-state index is 0.0192. The molecule has 1 aromatic heterocycles. The molecule has 0 aliphatic rings. The van der Waals surface area contributed by atoms with Crippen LogP contribution < -0.4 is 5.32 Å². The number of rotatable bonds is 5. The maximum atomic E-state index is 12.7. The van der Waals surface area contributed by atoms with Crippen molar-refractivity contribution in [2.45, 2.75) is 20.4 Å². The Morgan fingerprint density at radius 2 is 1.95 bits per heavy atom. The lowest BCUT2D eigenvalue weighted by Crippen LogP contribution is -2.31. The summed E-state index contributed by atoms with van der Waals surface area (Å²) in [6.07, 6.45) is 0. The lowest BCUT2D eigenvalue weighted by molar-refractivity contribution is 0.0751. The van der Waals surface area contributed by atoms with Gasteiger partial charge in [0.15, 0.2) is 0 Å². The molecule has 1 amide bonds. The molecule has 4 nitrogen and oxygen atoms in total. The Kier molecular flexibility index (Phi) is 4.93. The Bertz CT molecular complexity index is 625. The second-order valence-corrected chi connectivity index (χ2v) is 4.89. The normalized spacial score (nSPS) is 10.2.